The van der Waals surface area contributed by atoms with Crippen LogP contribution in [-0.4, -0.2) is 66.5 Å². The van der Waals surface area contributed by atoms with Crippen molar-refractivity contribution in [1.29, 1.82) is 0 Å². The third-order valence-corrected chi connectivity index (χ3v) is 14.7. The molecule has 0 aliphatic carbocycles. The molecule has 0 amide bonds. The second kappa shape index (κ2) is 58.6. The SMILES string of the molecule is CC/C=C\C/C=C\C/C=C\C/C=C\CCCCC(=O)OCC(COP(=O)(O)OCC(CO)OC(=O)CCCCCCCCCCCCCCCCC)OC(=O)CCCCCCCCCCCCCCCCCCCCC. The zero-order valence-corrected chi connectivity index (χ0v) is 50.1. The largest absolute Gasteiger partial charge is 0.472 e. The number of rotatable bonds is 59. The molecule has 3 unspecified atom stereocenters. The molecule has 0 aromatic rings. The first-order chi connectivity index (χ1) is 37.2. The Morgan fingerprint density at radius 1 is 0.382 bits per heavy atom. The number of allylic oxidation sites excluding steroid dienone is 8. The molecule has 0 saturated heterocycles. The van der Waals surface area contributed by atoms with Crippen molar-refractivity contribution in [3.8, 4) is 0 Å². The number of hydrogen-bond acceptors (Lipinski definition) is 10. The number of carbonyl (C=O) groups excluding carboxylic acids is 3. The Bertz CT molecular complexity index is 1460. The molecule has 0 spiro atoms. The third kappa shape index (κ3) is 56.2. The average Bonchev–Trinajstić information content (AvgIpc) is 3.41. The minimum Gasteiger partial charge on any atom is -0.462 e. The van der Waals surface area contributed by atoms with E-state index >= 15 is 0 Å². The summed E-state index contributed by atoms with van der Waals surface area (Å²) in [6, 6.07) is 0. The molecule has 0 saturated carbocycles. The van der Waals surface area contributed by atoms with Crippen LogP contribution in [0.3, 0.4) is 0 Å². The van der Waals surface area contributed by atoms with Gasteiger partial charge in [0.05, 0.1) is 19.8 Å². The van der Waals surface area contributed by atoms with Crippen molar-refractivity contribution in [1.82, 2.24) is 0 Å². The van der Waals surface area contributed by atoms with Gasteiger partial charge < -0.3 is 24.2 Å². The van der Waals surface area contributed by atoms with E-state index in [4.69, 9.17) is 23.3 Å². The molecule has 0 bridgehead atoms. The molecule has 0 radical (unpaired) electrons. The summed E-state index contributed by atoms with van der Waals surface area (Å²) in [5.74, 6) is -1.49. The summed E-state index contributed by atoms with van der Waals surface area (Å²) in [7, 11) is -4.76. The fourth-order valence-electron chi connectivity index (χ4n) is 9.00. The molecule has 0 heterocycles. The number of esters is 3. The second-order valence-electron chi connectivity index (χ2n) is 21.2. The minimum absolute atomic E-state index is 0.164. The van der Waals surface area contributed by atoms with Gasteiger partial charge in [-0.05, 0) is 57.8 Å². The van der Waals surface area contributed by atoms with Crippen molar-refractivity contribution in [3.63, 3.8) is 0 Å². The van der Waals surface area contributed by atoms with Crippen molar-refractivity contribution in [2.45, 2.75) is 315 Å². The summed E-state index contributed by atoms with van der Waals surface area (Å²) in [5.41, 5.74) is 0. The van der Waals surface area contributed by atoms with E-state index in [1.807, 2.05) is 0 Å². The van der Waals surface area contributed by atoms with Crippen molar-refractivity contribution in [2.75, 3.05) is 26.4 Å². The first-order valence-electron chi connectivity index (χ1n) is 31.5. The summed E-state index contributed by atoms with van der Waals surface area (Å²) in [4.78, 5) is 48.7. The van der Waals surface area contributed by atoms with Crippen LogP contribution in [-0.2, 0) is 42.2 Å². The van der Waals surface area contributed by atoms with Crippen LogP contribution in [0.5, 0.6) is 0 Å². The lowest BCUT2D eigenvalue weighted by atomic mass is 10.0. The van der Waals surface area contributed by atoms with Crippen molar-refractivity contribution in [3.05, 3.63) is 48.6 Å². The monoisotopic (exact) mass is 1090 g/mol. The molecule has 12 heteroatoms. The standard InChI is InChI=1S/C64H117O11P/c1-4-7-10-13-16-19-22-25-28-29-30-31-34-37-40-43-46-49-52-55-64(68)75-61(57-71-62(66)53-50-47-44-41-38-35-32-26-23-20-17-14-11-8-5-2)59-73-76(69,70)72-58-60(56-65)74-63(67)54-51-48-45-42-39-36-33-27-24-21-18-15-12-9-6-3/h8,11,17,20,26,32,38,41,60-61,65H,4-7,9-10,12-16,18-19,21-25,27-31,33-37,39-40,42-59H2,1-3H3,(H,69,70)/b11-8-,20-17-,32-26-,41-38-. The van der Waals surface area contributed by atoms with E-state index in [2.05, 4.69) is 69.4 Å². The molecular weight excluding hydrogens is 976 g/mol. The highest BCUT2D eigenvalue weighted by atomic mass is 31.2. The third-order valence-electron chi connectivity index (χ3n) is 13.8. The van der Waals surface area contributed by atoms with Crippen molar-refractivity contribution < 1.29 is 52.2 Å². The van der Waals surface area contributed by atoms with Gasteiger partial charge in [0.1, 0.15) is 12.7 Å². The molecule has 444 valence electrons. The number of phosphoric acid groups is 1. The Morgan fingerprint density at radius 2 is 0.684 bits per heavy atom. The molecule has 0 aliphatic heterocycles. The van der Waals surface area contributed by atoms with Gasteiger partial charge in [-0.15, -0.1) is 0 Å². The highest BCUT2D eigenvalue weighted by Gasteiger charge is 2.28. The highest BCUT2D eigenvalue weighted by molar-refractivity contribution is 7.47. The molecule has 11 nitrogen and oxygen atoms in total. The average molecular weight is 1090 g/mol. The Kier molecular flexibility index (Phi) is 56.6. The van der Waals surface area contributed by atoms with Gasteiger partial charge in [0.2, 0.25) is 0 Å². The van der Waals surface area contributed by atoms with E-state index in [1.54, 1.807) is 0 Å². The van der Waals surface area contributed by atoms with Gasteiger partial charge >= 0.3 is 25.7 Å². The molecule has 3 atom stereocenters. The maximum Gasteiger partial charge on any atom is 0.472 e. The smallest absolute Gasteiger partial charge is 0.462 e. The van der Waals surface area contributed by atoms with Crippen LogP contribution < -0.4 is 0 Å². The quantitative estimate of drug-likeness (QED) is 0.0197. The number of carbonyl (C=O) groups is 3. The first kappa shape index (κ1) is 73.4. The Morgan fingerprint density at radius 3 is 1.05 bits per heavy atom. The van der Waals surface area contributed by atoms with Gasteiger partial charge in [0.25, 0.3) is 0 Å². The number of aliphatic hydroxyl groups excluding tert-OH is 1. The minimum atomic E-state index is -4.76. The first-order valence-corrected chi connectivity index (χ1v) is 33.0. The maximum absolute atomic E-state index is 12.9. The molecule has 2 N–H and O–H groups in total. The molecule has 0 fully saturated rings. The number of unbranched alkanes of at least 4 members (excludes halogenated alkanes) is 34. The zero-order valence-electron chi connectivity index (χ0n) is 49.2. The van der Waals surface area contributed by atoms with Crippen LogP contribution in [0.25, 0.3) is 0 Å². The van der Waals surface area contributed by atoms with Gasteiger partial charge in [-0.3, -0.25) is 23.4 Å². The van der Waals surface area contributed by atoms with Crippen LogP contribution in [0.1, 0.15) is 303 Å². The fraction of sp³-hybridized carbons (Fsp3) is 0.828. The highest BCUT2D eigenvalue weighted by Crippen LogP contribution is 2.43. The molecular formula is C64H117O11P. The molecule has 0 rings (SSSR count). The summed E-state index contributed by atoms with van der Waals surface area (Å²) >= 11 is 0. The molecule has 76 heavy (non-hydrogen) atoms. The van der Waals surface area contributed by atoms with Gasteiger partial charge in [-0.2, -0.15) is 0 Å². The summed E-state index contributed by atoms with van der Waals surface area (Å²) in [6.07, 6.45) is 63.6. The van der Waals surface area contributed by atoms with Crippen LogP contribution in [0.2, 0.25) is 0 Å². The predicted molar refractivity (Wildman–Crippen MR) is 316 cm³/mol. The number of aliphatic hydroxyl groups is 1. The van der Waals surface area contributed by atoms with E-state index in [1.165, 1.54) is 167 Å². The van der Waals surface area contributed by atoms with Gasteiger partial charge in [-0.25, -0.2) is 4.57 Å². The Hall–Kier alpha value is -2.56. The summed E-state index contributed by atoms with van der Waals surface area (Å²) < 4.78 is 39.6. The fourth-order valence-corrected chi connectivity index (χ4v) is 9.78. The Balaban J connectivity index is 4.70. The molecule has 0 aromatic heterocycles. The van der Waals surface area contributed by atoms with Crippen LogP contribution in [0.15, 0.2) is 48.6 Å². The number of ether oxygens (including phenoxy) is 3. The van der Waals surface area contributed by atoms with Crippen LogP contribution in [0, 0.1) is 0 Å². The van der Waals surface area contributed by atoms with E-state index in [9.17, 15) is 28.9 Å². The van der Waals surface area contributed by atoms with E-state index in [0.29, 0.717) is 19.3 Å². The van der Waals surface area contributed by atoms with E-state index < -0.39 is 57.8 Å². The summed E-state index contributed by atoms with van der Waals surface area (Å²) in [5, 5.41) is 9.84. The van der Waals surface area contributed by atoms with Crippen molar-refractivity contribution >= 4 is 25.7 Å². The number of hydrogen-bond donors (Lipinski definition) is 2. The Labute approximate surface area is 466 Å². The molecule has 0 aromatic carbocycles. The van der Waals surface area contributed by atoms with Gasteiger partial charge in [-0.1, -0.05) is 275 Å². The lowest BCUT2D eigenvalue weighted by molar-refractivity contribution is -0.161. The van der Waals surface area contributed by atoms with E-state index in [0.717, 1.165) is 77.0 Å². The van der Waals surface area contributed by atoms with Gasteiger partial charge in [0.15, 0.2) is 6.10 Å². The maximum atomic E-state index is 12.9. The van der Waals surface area contributed by atoms with Crippen molar-refractivity contribution in [2.24, 2.45) is 0 Å². The van der Waals surface area contributed by atoms with Crippen LogP contribution in [0.4, 0.5) is 0 Å². The lowest BCUT2D eigenvalue weighted by Crippen LogP contribution is -2.30. The normalized spacial score (nSPS) is 13.6. The topological polar surface area (TPSA) is 155 Å². The zero-order chi connectivity index (χ0) is 55.5. The predicted octanol–water partition coefficient (Wildman–Crippen LogP) is 18.9. The summed E-state index contributed by atoms with van der Waals surface area (Å²) in [6.45, 7) is 4.55. The van der Waals surface area contributed by atoms with Gasteiger partial charge in [0, 0.05) is 19.3 Å². The van der Waals surface area contributed by atoms with Crippen LogP contribution >= 0.6 is 7.82 Å². The van der Waals surface area contributed by atoms with E-state index in [-0.39, 0.29) is 25.9 Å². The number of phosphoric ester groups is 1. The second-order valence-corrected chi connectivity index (χ2v) is 22.7. The lowest BCUT2D eigenvalue weighted by Gasteiger charge is -2.21. The molecule has 0 aliphatic rings.